The molecule has 38 heavy (non-hydrogen) atoms. The van der Waals surface area contributed by atoms with Crippen molar-refractivity contribution in [2.75, 3.05) is 31.3 Å². The number of fused-ring (bicyclic) bond motifs is 1. The van der Waals surface area contributed by atoms with Gasteiger partial charge >= 0.3 is 6.18 Å². The van der Waals surface area contributed by atoms with E-state index in [1.807, 2.05) is 0 Å². The molecule has 1 amide bonds. The summed E-state index contributed by atoms with van der Waals surface area (Å²) in [5.74, 6) is -2.53. The molecular formula is C25H22F6N6O. The minimum Gasteiger partial charge on any atom is -0.383 e. The van der Waals surface area contributed by atoms with Gasteiger partial charge in [0.15, 0.2) is 0 Å². The number of nitrogens with zero attached hydrogens (tertiary/aromatic N) is 5. The summed E-state index contributed by atoms with van der Waals surface area (Å²) >= 11 is 0. The number of benzene rings is 2. The van der Waals surface area contributed by atoms with Crippen LogP contribution in [0.3, 0.4) is 0 Å². The second kappa shape index (κ2) is 10.3. The van der Waals surface area contributed by atoms with Gasteiger partial charge in [0.2, 0.25) is 6.41 Å². The summed E-state index contributed by atoms with van der Waals surface area (Å²) in [4.78, 5) is 22.4. The third-order valence-electron chi connectivity index (χ3n) is 6.05. The molecule has 2 N–H and O–H groups in total. The molecule has 0 aliphatic carbocycles. The van der Waals surface area contributed by atoms with Gasteiger partial charge in [0.25, 0.3) is 0 Å². The first-order chi connectivity index (χ1) is 17.9. The molecule has 1 atom stereocenters. The highest BCUT2D eigenvalue weighted by atomic mass is 19.4. The van der Waals surface area contributed by atoms with Crippen LogP contribution in [0, 0.1) is 17.5 Å². The summed E-state index contributed by atoms with van der Waals surface area (Å²) in [7, 11) is 3.28. The zero-order valence-corrected chi connectivity index (χ0v) is 20.2. The second-order valence-corrected chi connectivity index (χ2v) is 8.81. The highest BCUT2D eigenvalue weighted by Crippen LogP contribution is 2.37. The van der Waals surface area contributed by atoms with Gasteiger partial charge in [0, 0.05) is 41.2 Å². The summed E-state index contributed by atoms with van der Waals surface area (Å²) in [5.41, 5.74) is 5.99. The van der Waals surface area contributed by atoms with Gasteiger partial charge in [-0.05, 0) is 38.4 Å². The molecule has 0 bridgehead atoms. The molecule has 0 spiro atoms. The van der Waals surface area contributed by atoms with E-state index >= 15 is 4.39 Å². The number of rotatable bonds is 8. The Hall–Kier alpha value is -4.13. The number of hydrogen-bond acceptors (Lipinski definition) is 5. The molecule has 2 aromatic heterocycles. The number of likely N-dealkylation sites (N-methyl/N-ethyl adjacent to an activating group) is 1. The predicted molar refractivity (Wildman–Crippen MR) is 130 cm³/mol. The van der Waals surface area contributed by atoms with Gasteiger partial charge in [-0.2, -0.15) is 13.2 Å². The van der Waals surface area contributed by atoms with Crippen LogP contribution < -0.4 is 10.6 Å². The van der Waals surface area contributed by atoms with Gasteiger partial charge in [-0.25, -0.2) is 23.1 Å². The lowest BCUT2D eigenvalue weighted by Crippen LogP contribution is -2.34. The first-order valence-electron chi connectivity index (χ1n) is 11.2. The minimum absolute atomic E-state index is 0.0450. The van der Waals surface area contributed by atoms with E-state index in [1.165, 1.54) is 18.2 Å². The monoisotopic (exact) mass is 536 g/mol. The number of hydrogen-bond donors (Lipinski definition) is 1. The van der Waals surface area contributed by atoms with Crippen LogP contribution in [0.15, 0.2) is 48.9 Å². The number of alkyl halides is 3. The van der Waals surface area contributed by atoms with Crippen molar-refractivity contribution < 1.29 is 31.1 Å². The van der Waals surface area contributed by atoms with Crippen molar-refractivity contribution in [1.82, 2.24) is 19.4 Å². The van der Waals surface area contributed by atoms with Crippen LogP contribution in [0.1, 0.15) is 11.6 Å². The number of carbonyl (C=O) groups excluding carboxylic acids is 1. The van der Waals surface area contributed by atoms with Crippen LogP contribution in [-0.2, 0) is 11.3 Å². The first kappa shape index (κ1) is 26.9. The zero-order valence-electron chi connectivity index (χ0n) is 20.2. The van der Waals surface area contributed by atoms with E-state index in [4.69, 9.17) is 5.73 Å². The Morgan fingerprint density at radius 3 is 2.37 bits per heavy atom. The van der Waals surface area contributed by atoms with Crippen molar-refractivity contribution in [1.29, 1.82) is 0 Å². The lowest BCUT2D eigenvalue weighted by molar-refractivity contribution is -0.139. The van der Waals surface area contributed by atoms with Gasteiger partial charge in [-0.3, -0.25) is 4.79 Å². The van der Waals surface area contributed by atoms with Crippen LogP contribution >= 0.6 is 0 Å². The first-order valence-corrected chi connectivity index (χ1v) is 11.2. The molecular weight excluding hydrogens is 514 g/mol. The van der Waals surface area contributed by atoms with Crippen molar-refractivity contribution >= 4 is 28.9 Å². The maximum atomic E-state index is 15.4. The molecule has 1 unspecified atom stereocenters. The Bertz CT molecular complexity index is 1490. The van der Waals surface area contributed by atoms with Gasteiger partial charge < -0.3 is 20.1 Å². The molecule has 13 heteroatoms. The van der Waals surface area contributed by atoms with Crippen LogP contribution in [0.5, 0.6) is 0 Å². The van der Waals surface area contributed by atoms with Crippen molar-refractivity contribution in [3.63, 3.8) is 0 Å². The van der Waals surface area contributed by atoms with Crippen LogP contribution in [-0.4, -0.2) is 52.7 Å². The number of anilines is 2. The number of nitrogen functional groups attached to an aromatic ring is 1. The van der Waals surface area contributed by atoms with Crippen LogP contribution in [0.2, 0.25) is 0 Å². The normalized spacial score (nSPS) is 12.8. The minimum atomic E-state index is -4.57. The van der Waals surface area contributed by atoms with E-state index in [9.17, 15) is 26.7 Å². The topological polar surface area (TPSA) is 80.3 Å². The predicted octanol–water partition coefficient (Wildman–Crippen LogP) is 4.93. The Labute approximate surface area is 213 Å². The van der Waals surface area contributed by atoms with Crippen molar-refractivity contribution in [2.45, 2.75) is 18.8 Å². The smallest absolute Gasteiger partial charge is 0.383 e. The summed E-state index contributed by atoms with van der Waals surface area (Å²) in [6.07, 6.45) is -2.02. The number of aromatic nitrogens is 3. The van der Waals surface area contributed by atoms with E-state index < -0.39 is 36.2 Å². The molecule has 4 rings (SSSR count). The second-order valence-electron chi connectivity index (χ2n) is 8.81. The van der Waals surface area contributed by atoms with Gasteiger partial charge in [0.05, 0.1) is 11.4 Å². The van der Waals surface area contributed by atoms with Crippen LogP contribution in [0.25, 0.3) is 22.2 Å². The lowest BCUT2D eigenvalue weighted by atomic mass is 10.0. The van der Waals surface area contributed by atoms with Crippen molar-refractivity contribution in [3.8, 4) is 11.1 Å². The molecule has 4 aromatic rings. The Balaban J connectivity index is 1.72. The average molecular weight is 536 g/mol. The molecule has 0 aliphatic heterocycles. The van der Waals surface area contributed by atoms with E-state index in [0.29, 0.717) is 6.41 Å². The Kier molecular flexibility index (Phi) is 7.31. The maximum absolute atomic E-state index is 15.4. The zero-order chi connectivity index (χ0) is 27.8. The largest absolute Gasteiger partial charge is 0.406 e. The molecule has 0 aliphatic rings. The molecule has 7 nitrogen and oxygen atoms in total. The molecule has 200 valence electrons. The Morgan fingerprint density at radius 1 is 1.03 bits per heavy atom. The maximum Gasteiger partial charge on any atom is 0.406 e. The van der Waals surface area contributed by atoms with E-state index in [2.05, 4.69) is 9.97 Å². The molecule has 2 aromatic carbocycles. The average Bonchev–Trinajstić information content (AvgIpc) is 3.18. The molecule has 0 fully saturated rings. The fourth-order valence-electron chi connectivity index (χ4n) is 4.27. The number of halogens is 6. The number of amides is 1. The van der Waals surface area contributed by atoms with E-state index in [0.717, 1.165) is 40.2 Å². The molecule has 2 heterocycles. The van der Waals surface area contributed by atoms with E-state index in [1.54, 1.807) is 19.0 Å². The fraction of sp³-hybridized carbons (Fsp3) is 0.240. The third-order valence-corrected chi connectivity index (χ3v) is 6.05. The third kappa shape index (κ3) is 5.42. The summed E-state index contributed by atoms with van der Waals surface area (Å²) < 4.78 is 83.4. The quantitative estimate of drug-likeness (QED) is 0.255. The Morgan fingerprint density at radius 2 is 1.76 bits per heavy atom. The standard InChI is InChI=1S/C25H22F6N6O/c1-35(2)21(17-5-3-14(26)7-19(17)27)10-37(13-38)15-4-6-16(20(28)8-15)18-9-36(11-25(29,30)31)24-22(18)23(32)33-12-34-24/h3-9,12-13,21H,10-11H2,1-2H3,(H2,32,33,34). The molecule has 0 saturated heterocycles. The summed E-state index contributed by atoms with van der Waals surface area (Å²) in [6.45, 7) is -1.48. The lowest BCUT2D eigenvalue weighted by Gasteiger charge is -2.30. The van der Waals surface area contributed by atoms with E-state index in [-0.39, 0.29) is 45.8 Å². The number of nitrogens with two attached hydrogens (primary N) is 1. The van der Waals surface area contributed by atoms with Gasteiger partial charge in [-0.15, -0.1) is 0 Å². The van der Waals surface area contributed by atoms with Gasteiger partial charge in [-0.1, -0.05) is 6.07 Å². The SMILES string of the molecule is CN(C)C(CN(C=O)c1ccc(-c2cn(CC(F)(F)F)c3ncnc(N)c23)c(F)c1)c1ccc(F)cc1F. The highest BCUT2D eigenvalue weighted by molar-refractivity contribution is 6.01. The summed E-state index contributed by atoms with van der Waals surface area (Å²) in [5, 5.41) is 0.0510. The fourth-order valence-corrected chi connectivity index (χ4v) is 4.27. The molecule has 0 radical (unpaired) electrons. The molecule has 0 saturated carbocycles. The van der Waals surface area contributed by atoms with Crippen molar-refractivity contribution in [3.05, 3.63) is 71.9 Å². The van der Waals surface area contributed by atoms with Gasteiger partial charge in [0.1, 0.15) is 41.8 Å². The van der Waals surface area contributed by atoms with Crippen molar-refractivity contribution in [2.24, 2.45) is 0 Å². The number of carbonyl (C=O) groups is 1. The van der Waals surface area contributed by atoms with Crippen LogP contribution in [0.4, 0.5) is 37.8 Å². The highest BCUT2D eigenvalue weighted by Gasteiger charge is 2.30. The summed E-state index contributed by atoms with van der Waals surface area (Å²) in [6, 6.07) is 6.11.